The van der Waals surface area contributed by atoms with Crippen LogP contribution in [0.4, 0.5) is 16.2 Å². The lowest BCUT2D eigenvalue weighted by atomic mass is 10.1. The monoisotopic (exact) mass is 321 g/mol. The minimum Gasteiger partial charge on any atom is -0.497 e. The largest absolute Gasteiger partial charge is 0.497 e. The minimum absolute atomic E-state index is 0.321. The molecule has 2 N–H and O–H groups in total. The molecule has 2 aromatic carbocycles. The number of hydrogen-bond acceptors (Lipinski definition) is 3. The molecule has 0 saturated heterocycles. The average molecular weight is 321 g/mol. The third kappa shape index (κ3) is 3.30. The number of pyridine rings is 1. The molecule has 0 radical (unpaired) electrons. The predicted octanol–water partition coefficient (Wildman–Crippen LogP) is 4.50. The summed E-state index contributed by atoms with van der Waals surface area (Å²) >= 11 is 0. The van der Waals surface area contributed by atoms with Gasteiger partial charge in [0, 0.05) is 23.3 Å². The molecule has 3 rings (SSSR count). The van der Waals surface area contributed by atoms with Gasteiger partial charge in [0.25, 0.3) is 0 Å². The molecule has 1 heterocycles. The molecule has 0 aliphatic carbocycles. The van der Waals surface area contributed by atoms with Gasteiger partial charge in [0.2, 0.25) is 0 Å². The highest BCUT2D eigenvalue weighted by atomic mass is 16.5. The SMILES string of the molecule is COc1cc(NC(=O)Nc2ccc(C)c(C)c2)c2ncccc2c1. The van der Waals surface area contributed by atoms with Gasteiger partial charge in [0.15, 0.2) is 0 Å². The minimum atomic E-state index is -0.321. The Hall–Kier alpha value is -3.08. The molecule has 0 aliphatic heterocycles. The number of ether oxygens (including phenoxy) is 1. The van der Waals surface area contributed by atoms with Crippen LogP contribution in [0.1, 0.15) is 11.1 Å². The fraction of sp³-hybridized carbons (Fsp3) is 0.158. The van der Waals surface area contributed by atoms with E-state index in [0.717, 1.165) is 16.6 Å². The van der Waals surface area contributed by atoms with E-state index in [1.165, 1.54) is 5.56 Å². The van der Waals surface area contributed by atoms with Crippen molar-refractivity contribution >= 4 is 28.3 Å². The second-order valence-electron chi connectivity index (χ2n) is 5.63. The van der Waals surface area contributed by atoms with E-state index in [1.807, 2.05) is 50.2 Å². The lowest BCUT2D eigenvalue weighted by Gasteiger charge is -2.12. The Morgan fingerprint density at radius 3 is 2.62 bits per heavy atom. The number of urea groups is 1. The Morgan fingerprint density at radius 2 is 1.88 bits per heavy atom. The number of aromatic nitrogens is 1. The Morgan fingerprint density at radius 1 is 1.04 bits per heavy atom. The summed E-state index contributed by atoms with van der Waals surface area (Å²) in [5.74, 6) is 0.664. The second kappa shape index (κ2) is 6.58. The fourth-order valence-corrected chi connectivity index (χ4v) is 2.48. The number of carbonyl (C=O) groups excluding carboxylic acids is 1. The summed E-state index contributed by atoms with van der Waals surface area (Å²) in [7, 11) is 1.59. The number of benzene rings is 2. The number of anilines is 2. The van der Waals surface area contributed by atoms with E-state index in [0.29, 0.717) is 17.0 Å². The van der Waals surface area contributed by atoms with Crippen LogP contribution in [-0.4, -0.2) is 18.1 Å². The van der Waals surface area contributed by atoms with Gasteiger partial charge >= 0.3 is 6.03 Å². The number of fused-ring (bicyclic) bond motifs is 1. The zero-order valence-corrected chi connectivity index (χ0v) is 13.9. The molecule has 0 atom stereocenters. The van der Waals surface area contributed by atoms with Crippen molar-refractivity contribution in [3.05, 3.63) is 59.8 Å². The van der Waals surface area contributed by atoms with Crippen LogP contribution in [0.15, 0.2) is 48.7 Å². The lowest BCUT2D eigenvalue weighted by Crippen LogP contribution is -2.19. The zero-order chi connectivity index (χ0) is 17.1. The smallest absolute Gasteiger partial charge is 0.323 e. The molecule has 1 aromatic heterocycles. The Labute approximate surface area is 140 Å². The van der Waals surface area contributed by atoms with E-state index in [2.05, 4.69) is 15.6 Å². The molecule has 0 saturated carbocycles. The van der Waals surface area contributed by atoms with E-state index in [9.17, 15) is 4.79 Å². The maximum Gasteiger partial charge on any atom is 0.323 e. The molecular formula is C19H19N3O2. The van der Waals surface area contributed by atoms with Gasteiger partial charge in [-0.15, -0.1) is 0 Å². The number of methoxy groups -OCH3 is 1. The maximum atomic E-state index is 12.3. The fourth-order valence-electron chi connectivity index (χ4n) is 2.48. The molecule has 2 amide bonds. The topological polar surface area (TPSA) is 63.2 Å². The van der Waals surface area contributed by atoms with Crippen LogP contribution in [0.2, 0.25) is 0 Å². The van der Waals surface area contributed by atoms with E-state index in [-0.39, 0.29) is 6.03 Å². The number of amides is 2. The summed E-state index contributed by atoms with van der Waals surface area (Å²) in [5.41, 5.74) is 4.38. The lowest BCUT2D eigenvalue weighted by molar-refractivity contribution is 0.262. The Kier molecular flexibility index (Phi) is 4.33. The first-order valence-electron chi connectivity index (χ1n) is 7.65. The van der Waals surface area contributed by atoms with Crippen LogP contribution in [0.25, 0.3) is 10.9 Å². The number of nitrogens with one attached hydrogen (secondary N) is 2. The number of carbonyl (C=O) groups is 1. The van der Waals surface area contributed by atoms with Crippen LogP contribution in [0.5, 0.6) is 5.75 Å². The first-order valence-corrected chi connectivity index (χ1v) is 7.65. The molecule has 0 aliphatic rings. The number of nitrogens with zero attached hydrogens (tertiary/aromatic N) is 1. The Bertz CT molecular complexity index is 906. The van der Waals surface area contributed by atoms with E-state index in [1.54, 1.807) is 19.4 Å². The third-order valence-electron chi connectivity index (χ3n) is 3.93. The normalized spacial score (nSPS) is 10.5. The van der Waals surface area contributed by atoms with Crippen LogP contribution in [-0.2, 0) is 0 Å². The molecule has 0 spiro atoms. The molecule has 3 aromatic rings. The van der Waals surface area contributed by atoms with E-state index < -0.39 is 0 Å². The first-order chi connectivity index (χ1) is 11.6. The van der Waals surface area contributed by atoms with Crippen molar-refractivity contribution in [1.29, 1.82) is 0 Å². The van der Waals surface area contributed by atoms with Gasteiger partial charge in [-0.3, -0.25) is 4.98 Å². The molecule has 5 nitrogen and oxygen atoms in total. The van der Waals surface area contributed by atoms with Gasteiger partial charge in [-0.25, -0.2) is 4.79 Å². The second-order valence-corrected chi connectivity index (χ2v) is 5.63. The van der Waals surface area contributed by atoms with Crippen molar-refractivity contribution in [1.82, 2.24) is 4.98 Å². The quantitative estimate of drug-likeness (QED) is 0.746. The van der Waals surface area contributed by atoms with Crippen molar-refractivity contribution in [2.24, 2.45) is 0 Å². The van der Waals surface area contributed by atoms with Crippen molar-refractivity contribution in [2.45, 2.75) is 13.8 Å². The van der Waals surface area contributed by atoms with Gasteiger partial charge in [-0.1, -0.05) is 12.1 Å². The summed E-state index contributed by atoms with van der Waals surface area (Å²) in [4.78, 5) is 16.7. The predicted molar refractivity (Wildman–Crippen MR) is 96.9 cm³/mol. The molecule has 0 bridgehead atoms. The summed E-state index contributed by atoms with van der Waals surface area (Å²) in [6.45, 7) is 4.05. The van der Waals surface area contributed by atoms with Gasteiger partial charge in [-0.05, 0) is 49.2 Å². The van der Waals surface area contributed by atoms with Gasteiger partial charge in [-0.2, -0.15) is 0 Å². The summed E-state index contributed by atoms with van der Waals surface area (Å²) in [5, 5.41) is 6.59. The van der Waals surface area contributed by atoms with Gasteiger partial charge in [0.1, 0.15) is 5.75 Å². The molecule has 0 unspecified atom stereocenters. The summed E-state index contributed by atoms with van der Waals surface area (Å²) in [6, 6.07) is 12.9. The van der Waals surface area contributed by atoms with Crippen molar-refractivity contribution in [2.75, 3.05) is 17.7 Å². The molecule has 5 heteroatoms. The third-order valence-corrected chi connectivity index (χ3v) is 3.93. The molecular weight excluding hydrogens is 302 g/mol. The highest BCUT2D eigenvalue weighted by molar-refractivity contribution is 6.05. The number of rotatable bonds is 3. The van der Waals surface area contributed by atoms with Crippen molar-refractivity contribution in [3.63, 3.8) is 0 Å². The summed E-state index contributed by atoms with van der Waals surface area (Å²) in [6.07, 6.45) is 1.70. The Balaban J connectivity index is 1.86. The molecule has 0 fully saturated rings. The van der Waals surface area contributed by atoms with Crippen LogP contribution in [0, 0.1) is 13.8 Å². The number of hydrogen-bond donors (Lipinski definition) is 2. The highest BCUT2D eigenvalue weighted by Gasteiger charge is 2.10. The maximum absolute atomic E-state index is 12.3. The van der Waals surface area contributed by atoms with Gasteiger partial charge < -0.3 is 15.4 Å². The van der Waals surface area contributed by atoms with Crippen LogP contribution < -0.4 is 15.4 Å². The highest BCUT2D eigenvalue weighted by Crippen LogP contribution is 2.27. The average Bonchev–Trinajstić information content (AvgIpc) is 2.58. The van der Waals surface area contributed by atoms with Crippen molar-refractivity contribution < 1.29 is 9.53 Å². The van der Waals surface area contributed by atoms with Crippen LogP contribution >= 0.6 is 0 Å². The summed E-state index contributed by atoms with van der Waals surface area (Å²) < 4.78 is 5.29. The standard InChI is InChI=1S/C19H19N3O2/c1-12-6-7-15(9-13(12)2)21-19(23)22-17-11-16(24-3)10-14-5-4-8-20-18(14)17/h4-11H,1-3H3,(H2,21,22,23). The molecule has 24 heavy (non-hydrogen) atoms. The van der Waals surface area contributed by atoms with E-state index in [4.69, 9.17) is 4.74 Å². The zero-order valence-electron chi connectivity index (χ0n) is 13.9. The van der Waals surface area contributed by atoms with Gasteiger partial charge in [0.05, 0.1) is 18.3 Å². The van der Waals surface area contributed by atoms with Crippen molar-refractivity contribution in [3.8, 4) is 5.75 Å². The first kappa shape index (κ1) is 15.8. The number of aryl methyl sites for hydroxylation is 2. The van der Waals surface area contributed by atoms with Crippen LogP contribution in [0.3, 0.4) is 0 Å². The van der Waals surface area contributed by atoms with E-state index >= 15 is 0 Å². The molecule has 122 valence electrons.